The van der Waals surface area contributed by atoms with Crippen molar-refractivity contribution in [1.82, 2.24) is 24.4 Å². The van der Waals surface area contributed by atoms with Crippen molar-refractivity contribution in [2.24, 2.45) is 0 Å². The number of anilines is 1. The first-order chi connectivity index (χ1) is 9.36. The molecule has 1 amide bonds. The van der Waals surface area contributed by atoms with Gasteiger partial charge in [0, 0.05) is 26.2 Å². The largest absolute Gasteiger partial charge is 0.368 e. The zero-order valence-electron chi connectivity index (χ0n) is 10.9. The van der Waals surface area contributed by atoms with Crippen LogP contribution in [0.4, 0.5) is 5.95 Å². The van der Waals surface area contributed by atoms with Gasteiger partial charge in [0.2, 0.25) is 27.0 Å². The van der Waals surface area contributed by atoms with E-state index in [-0.39, 0.29) is 17.6 Å². The fourth-order valence-electron chi connectivity index (χ4n) is 1.81. The van der Waals surface area contributed by atoms with Crippen LogP contribution in [0.5, 0.6) is 0 Å². The molecule has 1 aromatic heterocycles. The van der Waals surface area contributed by atoms with Crippen LogP contribution < -0.4 is 5.73 Å². The van der Waals surface area contributed by atoms with Gasteiger partial charge in [0.25, 0.3) is 0 Å². The normalized spacial score (nSPS) is 17.4. The third-order valence-electron chi connectivity index (χ3n) is 2.87. The third kappa shape index (κ3) is 3.84. The second kappa shape index (κ2) is 5.97. The molecule has 0 aliphatic carbocycles. The van der Waals surface area contributed by atoms with Crippen molar-refractivity contribution in [3.05, 3.63) is 0 Å². The number of hydrogen-bond donors (Lipinski definition) is 2. The van der Waals surface area contributed by atoms with E-state index in [0.717, 1.165) is 0 Å². The number of hydrogen-bond acceptors (Lipinski definition) is 7. The Morgan fingerprint density at radius 3 is 2.55 bits per heavy atom. The molecule has 1 saturated heterocycles. The molecule has 0 spiro atoms. The Bertz CT molecular complexity index is 578. The lowest BCUT2D eigenvalue weighted by Gasteiger charge is -2.33. The Labute approximate surface area is 121 Å². The topological polar surface area (TPSA) is 125 Å². The average molecular weight is 320 g/mol. The first-order valence-corrected chi connectivity index (χ1v) is 8.73. The predicted molar refractivity (Wildman–Crippen MR) is 74.5 cm³/mol. The molecular formula is C9H16N6O3S2. The summed E-state index contributed by atoms with van der Waals surface area (Å²) in [5.74, 6) is 0.351. The van der Waals surface area contributed by atoms with Crippen LogP contribution in [0.25, 0.3) is 0 Å². The molecule has 20 heavy (non-hydrogen) atoms. The quantitative estimate of drug-likeness (QED) is 0.652. The number of amides is 1. The summed E-state index contributed by atoms with van der Waals surface area (Å²) in [7, 11) is -3.18. The van der Waals surface area contributed by atoms with Crippen molar-refractivity contribution in [3.63, 3.8) is 0 Å². The predicted octanol–water partition coefficient (Wildman–Crippen LogP) is -1.42. The smallest absolute Gasteiger partial charge is 0.233 e. The van der Waals surface area contributed by atoms with Crippen LogP contribution in [-0.2, 0) is 14.8 Å². The Kier molecular flexibility index (Phi) is 4.50. The Balaban J connectivity index is 1.80. The Morgan fingerprint density at radius 2 is 2.05 bits per heavy atom. The highest BCUT2D eigenvalue weighted by atomic mass is 32.2. The van der Waals surface area contributed by atoms with E-state index in [4.69, 9.17) is 5.73 Å². The number of carbonyl (C=O) groups is 1. The van der Waals surface area contributed by atoms with Crippen molar-refractivity contribution < 1.29 is 13.2 Å². The van der Waals surface area contributed by atoms with Crippen LogP contribution in [-0.4, -0.2) is 76.9 Å². The first-order valence-electron chi connectivity index (χ1n) is 5.90. The molecule has 0 saturated carbocycles. The SMILES string of the molecule is CS(=O)(=O)N1CCN(C(=O)CSc2n[nH]c(N)n2)CC1. The standard InChI is InChI=1S/C9H16N6O3S2/c1-20(17,18)15-4-2-14(3-5-15)7(16)6-19-9-11-8(10)12-13-9/h2-6H2,1H3,(H3,10,11,12,13). The Morgan fingerprint density at radius 1 is 1.40 bits per heavy atom. The molecule has 0 atom stereocenters. The van der Waals surface area contributed by atoms with Gasteiger partial charge in [-0.2, -0.15) is 9.29 Å². The zero-order chi connectivity index (χ0) is 14.8. The molecule has 11 heteroatoms. The molecule has 2 heterocycles. The van der Waals surface area contributed by atoms with Crippen LogP contribution in [0.3, 0.4) is 0 Å². The molecule has 0 bridgehead atoms. The summed E-state index contributed by atoms with van der Waals surface area (Å²) >= 11 is 1.19. The minimum Gasteiger partial charge on any atom is -0.368 e. The number of H-pyrrole nitrogens is 1. The van der Waals surface area contributed by atoms with E-state index in [1.165, 1.54) is 22.3 Å². The van der Waals surface area contributed by atoms with Crippen LogP contribution in [0.1, 0.15) is 0 Å². The summed E-state index contributed by atoms with van der Waals surface area (Å²) in [6.45, 7) is 1.48. The number of rotatable bonds is 4. The lowest BCUT2D eigenvalue weighted by Crippen LogP contribution is -2.50. The number of nitrogens with two attached hydrogens (primary N) is 1. The highest BCUT2D eigenvalue weighted by molar-refractivity contribution is 7.99. The molecule has 112 valence electrons. The van der Waals surface area contributed by atoms with E-state index < -0.39 is 10.0 Å². The lowest BCUT2D eigenvalue weighted by atomic mass is 10.3. The number of aromatic nitrogens is 3. The van der Waals surface area contributed by atoms with Crippen LogP contribution in [0.2, 0.25) is 0 Å². The molecule has 1 fully saturated rings. The highest BCUT2D eigenvalue weighted by Gasteiger charge is 2.26. The maximum atomic E-state index is 12.0. The molecule has 0 aromatic carbocycles. The van der Waals surface area contributed by atoms with Crippen molar-refractivity contribution >= 4 is 33.6 Å². The van der Waals surface area contributed by atoms with Crippen molar-refractivity contribution in [2.45, 2.75) is 5.16 Å². The van der Waals surface area contributed by atoms with Gasteiger partial charge in [-0.25, -0.2) is 13.5 Å². The second-order valence-corrected chi connectivity index (χ2v) is 7.26. The number of carbonyl (C=O) groups excluding carboxylic acids is 1. The third-order valence-corrected chi connectivity index (χ3v) is 5.00. The van der Waals surface area contributed by atoms with E-state index >= 15 is 0 Å². The van der Waals surface area contributed by atoms with Gasteiger partial charge in [0.15, 0.2) is 0 Å². The number of piperazine rings is 1. The van der Waals surface area contributed by atoms with E-state index in [9.17, 15) is 13.2 Å². The second-order valence-electron chi connectivity index (χ2n) is 4.33. The van der Waals surface area contributed by atoms with Crippen molar-refractivity contribution in [1.29, 1.82) is 0 Å². The van der Waals surface area contributed by atoms with Gasteiger partial charge >= 0.3 is 0 Å². The van der Waals surface area contributed by atoms with Crippen LogP contribution in [0.15, 0.2) is 5.16 Å². The maximum Gasteiger partial charge on any atom is 0.233 e. The zero-order valence-corrected chi connectivity index (χ0v) is 12.6. The summed E-state index contributed by atoms with van der Waals surface area (Å²) in [6, 6.07) is 0. The summed E-state index contributed by atoms with van der Waals surface area (Å²) in [5, 5.41) is 6.73. The average Bonchev–Trinajstić information content (AvgIpc) is 2.81. The summed E-state index contributed by atoms with van der Waals surface area (Å²) in [6.07, 6.45) is 1.17. The Hall–Kier alpha value is -1.33. The van der Waals surface area contributed by atoms with Gasteiger partial charge < -0.3 is 10.6 Å². The lowest BCUT2D eigenvalue weighted by molar-refractivity contribution is -0.129. The minimum atomic E-state index is -3.18. The molecule has 2 rings (SSSR count). The number of sulfonamides is 1. The summed E-state index contributed by atoms with van der Waals surface area (Å²) in [4.78, 5) is 17.5. The number of nitrogen functional groups attached to an aromatic ring is 1. The first kappa shape index (κ1) is 15.1. The molecule has 3 N–H and O–H groups in total. The number of aromatic amines is 1. The molecule has 1 aromatic rings. The van der Waals surface area contributed by atoms with Gasteiger partial charge in [0.1, 0.15) is 0 Å². The number of thioether (sulfide) groups is 1. The summed E-state index contributed by atoms with van der Waals surface area (Å²) in [5.41, 5.74) is 5.38. The molecule has 0 radical (unpaired) electrons. The van der Waals surface area contributed by atoms with Crippen molar-refractivity contribution in [3.8, 4) is 0 Å². The molecule has 1 aliphatic heterocycles. The van der Waals surface area contributed by atoms with E-state index in [1.54, 1.807) is 4.90 Å². The van der Waals surface area contributed by atoms with Crippen molar-refractivity contribution in [2.75, 3.05) is 43.9 Å². The van der Waals surface area contributed by atoms with Gasteiger partial charge in [-0.1, -0.05) is 11.8 Å². The van der Waals surface area contributed by atoms with Gasteiger partial charge in [0.05, 0.1) is 12.0 Å². The van der Waals surface area contributed by atoms with Crippen LogP contribution in [0, 0.1) is 0 Å². The molecule has 1 aliphatic rings. The van der Waals surface area contributed by atoms with Gasteiger partial charge in [-0.15, -0.1) is 5.10 Å². The number of nitrogens with one attached hydrogen (secondary N) is 1. The fourth-order valence-corrected chi connectivity index (χ4v) is 3.34. The number of nitrogens with zero attached hydrogens (tertiary/aromatic N) is 4. The fraction of sp³-hybridized carbons (Fsp3) is 0.667. The van der Waals surface area contributed by atoms with E-state index in [2.05, 4.69) is 15.2 Å². The monoisotopic (exact) mass is 320 g/mol. The van der Waals surface area contributed by atoms with E-state index in [0.29, 0.717) is 31.3 Å². The maximum absolute atomic E-state index is 12.0. The highest BCUT2D eigenvalue weighted by Crippen LogP contribution is 2.14. The van der Waals surface area contributed by atoms with E-state index in [1.807, 2.05) is 0 Å². The molecular weight excluding hydrogens is 304 g/mol. The van der Waals surface area contributed by atoms with Gasteiger partial charge in [-0.3, -0.25) is 4.79 Å². The van der Waals surface area contributed by atoms with Gasteiger partial charge in [-0.05, 0) is 0 Å². The minimum absolute atomic E-state index is 0.0634. The van der Waals surface area contributed by atoms with Crippen LogP contribution >= 0.6 is 11.8 Å². The molecule has 9 nitrogen and oxygen atoms in total. The summed E-state index contributed by atoms with van der Waals surface area (Å²) < 4.78 is 24.1. The molecule has 0 unspecified atom stereocenters.